The molecule has 3 aromatic rings. The van der Waals surface area contributed by atoms with Gasteiger partial charge >= 0.3 is 0 Å². The minimum Gasteiger partial charge on any atom is -0.493 e. The summed E-state index contributed by atoms with van der Waals surface area (Å²) in [5.41, 5.74) is 1.75. The molecule has 1 aromatic heterocycles. The Morgan fingerprint density at radius 1 is 1.06 bits per heavy atom. The molecule has 0 unspecified atom stereocenters. The number of likely N-dealkylation sites (N-methyl/N-ethyl adjacent to an activating group) is 1. The van der Waals surface area contributed by atoms with E-state index in [0.717, 1.165) is 5.56 Å². The highest BCUT2D eigenvalue weighted by Crippen LogP contribution is 2.27. The zero-order valence-corrected chi connectivity index (χ0v) is 17.9. The van der Waals surface area contributed by atoms with Crippen molar-refractivity contribution in [3.63, 3.8) is 0 Å². The van der Waals surface area contributed by atoms with Crippen LogP contribution in [0.4, 0.5) is 4.39 Å². The molecule has 0 fully saturated rings. The Morgan fingerprint density at radius 2 is 1.81 bits per heavy atom. The first-order valence-corrected chi connectivity index (χ1v) is 10.0. The van der Waals surface area contributed by atoms with Gasteiger partial charge in [0, 0.05) is 32.0 Å². The standard InChI is InChI=1S/C23H26FN3O4/c1-27(14-13-16-7-12-19(29-2)20(15-16)30-3)22(28)6-4-5-21-25-23(26-31-21)17-8-10-18(24)11-9-17/h7-12,15H,4-6,13-14H2,1-3H3. The quantitative estimate of drug-likeness (QED) is 0.488. The number of rotatable bonds is 10. The Labute approximate surface area is 180 Å². The van der Waals surface area contributed by atoms with Gasteiger partial charge < -0.3 is 18.9 Å². The van der Waals surface area contributed by atoms with E-state index in [4.69, 9.17) is 14.0 Å². The van der Waals surface area contributed by atoms with Crippen molar-refractivity contribution in [3.05, 3.63) is 59.7 Å². The second-order valence-electron chi connectivity index (χ2n) is 7.13. The fourth-order valence-electron chi connectivity index (χ4n) is 3.11. The number of carbonyl (C=O) groups excluding carboxylic acids is 1. The number of amides is 1. The molecule has 3 rings (SSSR count). The number of nitrogens with zero attached hydrogens (tertiary/aromatic N) is 3. The van der Waals surface area contributed by atoms with Gasteiger partial charge in [-0.05, 0) is 54.8 Å². The number of halogens is 1. The maximum Gasteiger partial charge on any atom is 0.226 e. The van der Waals surface area contributed by atoms with Gasteiger partial charge in [-0.3, -0.25) is 4.79 Å². The molecular weight excluding hydrogens is 401 g/mol. The van der Waals surface area contributed by atoms with Gasteiger partial charge in [0.15, 0.2) is 11.5 Å². The lowest BCUT2D eigenvalue weighted by molar-refractivity contribution is -0.129. The number of hydrogen-bond acceptors (Lipinski definition) is 6. The van der Waals surface area contributed by atoms with E-state index in [9.17, 15) is 9.18 Å². The average molecular weight is 427 g/mol. The monoisotopic (exact) mass is 427 g/mol. The van der Waals surface area contributed by atoms with Crippen LogP contribution in [0, 0.1) is 5.82 Å². The molecule has 1 amide bonds. The number of carbonyl (C=O) groups is 1. The molecule has 0 aliphatic rings. The lowest BCUT2D eigenvalue weighted by Crippen LogP contribution is -2.28. The molecule has 31 heavy (non-hydrogen) atoms. The Balaban J connectivity index is 1.44. The molecule has 0 radical (unpaired) electrons. The summed E-state index contributed by atoms with van der Waals surface area (Å²) in [5.74, 6) is 1.96. The van der Waals surface area contributed by atoms with Crippen molar-refractivity contribution in [3.8, 4) is 22.9 Å². The molecule has 8 heteroatoms. The van der Waals surface area contributed by atoms with E-state index < -0.39 is 0 Å². The Kier molecular flexibility index (Phi) is 7.59. The minimum absolute atomic E-state index is 0.0544. The van der Waals surface area contributed by atoms with E-state index in [-0.39, 0.29) is 11.7 Å². The number of aromatic nitrogens is 2. The Hall–Kier alpha value is -3.42. The van der Waals surface area contributed by atoms with E-state index in [2.05, 4.69) is 10.1 Å². The summed E-state index contributed by atoms with van der Waals surface area (Å²) in [4.78, 5) is 18.4. The number of ether oxygens (including phenoxy) is 2. The van der Waals surface area contributed by atoms with E-state index in [0.29, 0.717) is 61.0 Å². The van der Waals surface area contributed by atoms with Crippen molar-refractivity contribution in [2.75, 3.05) is 27.8 Å². The second-order valence-corrected chi connectivity index (χ2v) is 7.13. The molecule has 0 N–H and O–H groups in total. The minimum atomic E-state index is -0.318. The van der Waals surface area contributed by atoms with Crippen molar-refractivity contribution < 1.29 is 23.2 Å². The number of hydrogen-bond donors (Lipinski definition) is 0. The molecule has 0 spiro atoms. The lowest BCUT2D eigenvalue weighted by Gasteiger charge is -2.17. The Bertz CT molecular complexity index is 1000. The molecule has 0 aliphatic carbocycles. The van der Waals surface area contributed by atoms with Crippen molar-refractivity contribution in [2.24, 2.45) is 0 Å². The maximum absolute atomic E-state index is 13.0. The normalized spacial score (nSPS) is 10.7. The maximum atomic E-state index is 13.0. The van der Waals surface area contributed by atoms with Crippen LogP contribution in [-0.4, -0.2) is 48.8 Å². The largest absolute Gasteiger partial charge is 0.493 e. The SMILES string of the molecule is COc1ccc(CCN(C)C(=O)CCCc2nc(-c3ccc(F)cc3)no2)cc1OC. The fraction of sp³-hybridized carbons (Fsp3) is 0.348. The van der Waals surface area contributed by atoms with E-state index in [1.807, 2.05) is 18.2 Å². The highest BCUT2D eigenvalue weighted by Gasteiger charge is 2.13. The van der Waals surface area contributed by atoms with Crippen molar-refractivity contribution >= 4 is 5.91 Å². The molecule has 2 aromatic carbocycles. The van der Waals surface area contributed by atoms with Gasteiger partial charge in [0.05, 0.1) is 14.2 Å². The van der Waals surface area contributed by atoms with Crippen LogP contribution >= 0.6 is 0 Å². The summed E-state index contributed by atoms with van der Waals surface area (Å²) >= 11 is 0. The molecule has 164 valence electrons. The molecule has 0 atom stereocenters. The third-order valence-corrected chi connectivity index (χ3v) is 4.96. The van der Waals surface area contributed by atoms with E-state index >= 15 is 0 Å². The summed E-state index contributed by atoms with van der Waals surface area (Å²) < 4.78 is 28.8. The topological polar surface area (TPSA) is 77.7 Å². The molecule has 0 aliphatic heterocycles. The van der Waals surface area contributed by atoms with Gasteiger partial charge in [-0.2, -0.15) is 4.98 Å². The van der Waals surface area contributed by atoms with Gasteiger partial charge in [0.2, 0.25) is 17.6 Å². The highest BCUT2D eigenvalue weighted by atomic mass is 19.1. The van der Waals surface area contributed by atoms with Gasteiger partial charge in [0.1, 0.15) is 5.82 Å². The van der Waals surface area contributed by atoms with Crippen LogP contribution in [0.5, 0.6) is 11.5 Å². The summed E-state index contributed by atoms with van der Waals surface area (Å²) in [6, 6.07) is 11.6. The third-order valence-electron chi connectivity index (χ3n) is 4.96. The van der Waals surface area contributed by atoms with Crippen LogP contribution in [0.1, 0.15) is 24.3 Å². The average Bonchev–Trinajstić information content (AvgIpc) is 3.26. The van der Waals surface area contributed by atoms with Gasteiger partial charge in [-0.25, -0.2) is 4.39 Å². The predicted molar refractivity (Wildman–Crippen MR) is 114 cm³/mol. The summed E-state index contributed by atoms with van der Waals surface area (Å²) in [7, 11) is 4.99. The molecule has 0 saturated heterocycles. The Morgan fingerprint density at radius 3 is 2.52 bits per heavy atom. The number of benzene rings is 2. The zero-order chi connectivity index (χ0) is 22.2. The zero-order valence-electron chi connectivity index (χ0n) is 17.9. The van der Waals surface area contributed by atoms with Crippen LogP contribution < -0.4 is 9.47 Å². The van der Waals surface area contributed by atoms with Crippen LogP contribution in [-0.2, 0) is 17.6 Å². The highest BCUT2D eigenvalue weighted by molar-refractivity contribution is 5.75. The second kappa shape index (κ2) is 10.6. The number of methoxy groups -OCH3 is 2. The first-order valence-electron chi connectivity index (χ1n) is 10.0. The third kappa shape index (κ3) is 6.04. The summed E-state index contributed by atoms with van der Waals surface area (Å²) in [6.07, 6.45) is 2.21. The first kappa shape index (κ1) is 22.3. The van der Waals surface area contributed by atoms with Gasteiger partial charge in [-0.1, -0.05) is 11.2 Å². The summed E-state index contributed by atoms with van der Waals surface area (Å²) in [6.45, 7) is 0.601. The van der Waals surface area contributed by atoms with E-state index in [1.165, 1.54) is 12.1 Å². The van der Waals surface area contributed by atoms with Gasteiger partial charge in [-0.15, -0.1) is 0 Å². The molecule has 0 saturated carbocycles. The van der Waals surface area contributed by atoms with Crippen molar-refractivity contribution in [1.29, 1.82) is 0 Å². The van der Waals surface area contributed by atoms with Crippen molar-refractivity contribution in [1.82, 2.24) is 15.0 Å². The molecule has 7 nitrogen and oxygen atoms in total. The van der Waals surface area contributed by atoms with Crippen molar-refractivity contribution in [2.45, 2.75) is 25.7 Å². The molecule has 1 heterocycles. The number of aryl methyl sites for hydroxylation is 1. The smallest absolute Gasteiger partial charge is 0.226 e. The summed E-state index contributed by atoms with van der Waals surface area (Å²) in [5, 5.41) is 3.92. The fourth-order valence-corrected chi connectivity index (χ4v) is 3.11. The van der Waals surface area contributed by atoms with Crippen LogP contribution in [0.3, 0.4) is 0 Å². The van der Waals surface area contributed by atoms with Crippen LogP contribution in [0.25, 0.3) is 11.4 Å². The molecular formula is C23H26FN3O4. The van der Waals surface area contributed by atoms with Crippen LogP contribution in [0.15, 0.2) is 47.0 Å². The van der Waals surface area contributed by atoms with Crippen LogP contribution in [0.2, 0.25) is 0 Å². The first-order chi connectivity index (χ1) is 15.0. The lowest BCUT2D eigenvalue weighted by atomic mass is 10.1. The molecule has 0 bridgehead atoms. The van der Waals surface area contributed by atoms with Gasteiger partial charge in [0.25, 0.3) is 0 Å². The van der Waals surface area contributed by atoms with E-state index in [1.54, 1.807) is 38.3 Å². The predicted octanol–water partition coefficient (Wildman–Crippen LogP) is 3.92.